The van der Waals surface area contributed by atoms with Crippen molar-refractivity contribution in [2.75, 3.05) is 6.54 Å². The number of pyridine rings is 1. The van der Waals surface area contributed by atoms with Crippen molar-refractivity contribution in [3.05, 3.63) is 66.0 Å². The number of halogens is 3. The fourth-order valence-corrected chi connectivity index (χ4v) is 2.55. The molecule has 1 aromatic heterocycles. The monoisotopic (exact) mass is 354 g/mol. The van der Waals surface area contributed by atoms with Crippen LogP contribution in [0.3, 0.4) is 0 Å². The van der Waals surface area contributed by atoms with Crippen molar-refractivity contribution in [1.82, 2.24) is 9.88 Å². The molecule has 1 atom stereocenters. The number of thiol groups is 1. The summed E-state index contributed by atoms with van der Waals surface area (Å²) in [6.07, 6.45) is -1.39. The number of carbonyl (C=O) groups excluding carboxylic acids is 1. The van der Waals surface area contributed by atoms with Crippen molar-refractivity contribution in [2.24, 2.45) is 0 Å². The number of nitrogens with zero attached hydrogens (tertiary/aromatic N) is 2. The molecule has 7 heteroatoms. The molecule has 3 nitrogen and oxygen atoms in total. The number of hydrogen-bond donors (Lipinski definition) is 1. The quantitative estimate of drug-likeness (QED) is 0.795. The second kappa shape index (κ2) is 8.19. The van der Waals surface area contributed by atoms with E-state index in [-0.39, 0.29) is 18.3 Å². The van der Waals surface area contributed by atoms with Crippen LogP contribution in [0.15, 0.2) is 54.9 Å². The third-order valence-electron chi connectivity index (χ3n) is 3.51. The highest BCUT2D eigenvalue weighted by molar-refractivity contribution is 7.80. The average molecular weight is 354 g/mol. The van der Waals surface area contributed by atoms with Crippen LogP contribution >= 0.6 is 12.6 Å². The molecule has 0 radical (unpaired) electrons. The second-order valence-electron chi connectivity index (χ2n) is 5.30. The van der Waals surface area contributed by atoms with Crippen molar-refractivity contribution in [1.29, 1.82) is 0 Å². The lowest BCUT2D eigenvalue weighted by atomic mass is 10.1. The Morgan fingerprint density at radius 3 is 2.33 bits per heavy atom. The molecule has 2 aromatic rings. The van der Waals surface area contributed by atoms with Gasteiger partial charge in [0.25, 0.3) is 0 Å². The molecule has 1 unspecified atom stereocenters. The summed E-state index contributed by atoms with van der Waals surface area (Å²) in [5.41, 5.74) is 1.50. The summed E-state index contributed by atoms with van der Waals surface area (Å²) in [5, 5.41) is -0.271. The van der Waals surface area contributed by atoms with Crippen LogP contribution in [0.4, 0.5) is 13.2 Å². The molecule has 2 rings (SSSR count). The van der Waals surface area contributed by atoms with Crippen molar-refractivity contribution < 1.29 is 18.0 Å². The maximum absolute atomic E-state index is 12.8. The van der Waals surface area contributed by atoms with Crippen LogP contribution in [0.25, 0.3) is 0 Å². The van der Waals surface area contributed by atoms with Crippen LogP contribution < -0.4 is 0 Å². The molecular weight excluding hydrogens is 337 g/mol. The van der Waals surface area contributed by atoms with Crippen LogP contribution in [0.5, 0.6) is 0 Å². The summed E-state index contributed by atoms with van der Waals surface area (Å²) >= 11 is 4.41. The zero-order valence-corrected chi connectivity index (χ0v) is 13.7. The Morgan fingerprint density at radius 2 is 1.75 bits per heavy atom. The fourth-order valence-electron chi connectivity index (χ4n) is 2.27. The first-order chi connectivity index (χ1) is 11.4. The molecule has 0 aliphatic carbocycles. The lowest BCUT2D eigenvalue weighted by molar-refractivity contribution is -0.186. The van der Waals surface area contributed by atoms with E-state index in [4.69, 9.17) is 0 Å². The van der Waals surface area contributed by atoms with Gasteiger partial charge in [-0.15, -0.1) is 0 Å². The highest BCUT2D eigenvalue weighted by atomic mass is 32.1. The van der Waals surface area contributed by atoms with Gasteiger partial charge in [-0.25, -0.2) is 0 Å². The molecule has 24 heavy (non-hydrogen) atoms. The van der Waals surface area contributed by atoms with Gasteiger partial charge in [0.05, 0.1) is 0 Å². The Morgan fingerprint density at radius 1 is 1.12 bits per heavy atom. The molecule has 0 saturated carbocycles. The van der Waals surface area contributed by atoms with Crippen LogP contribution in [0.1, 0.15) is 22.8 Å². The Labute approximate surface area is 143 Å². The topological polar surface area (TPSA) is 33.2 Å². The SMILES string of the molecule is O=C(N(CCC(S)c1ccncc1)Cc1ccccc1)C(F)(F)F. The predicted molar refractivity (Wildman–Crippen MR) is 88.5 cm³/mol. The predicted octanol–water partition coefficient (Wildman–Crippen LogP) is 4.03. The summed E-state index contributed by atoms with van der Waals surface area (Å²) in [7, 11) is 0. The normalized spacial score (nSPS) is 12.7. The van der Waals surface area contributed by atoms with Crippen LogP contribution in [-0.4, -0.2) is 28.5 Å². The van der Waals surface area contributed by atoms with Crippen molar-refractivity contribution in [3.63, 3.8) is 0 Å². The van der Waals surface area contributed by atoms with Gasteiger partial charge in [0, 0.05) is 30.7 Å². The second-order valence-corrected chi connectivity index (χ2v) is 5.92. The first-order valence-corrected chi connectivity index (χ1v) is 7.87. The van der Waals surface area contributed by atoms with Crippen LogP contribution in [0, 0.1) is 0 Å². The minimum Gasteiger partial charge on any atom is -0.331 e. The number of benzene rings is 1. The molecule has 128 valence electrons. The van der Waals surface area contributed by atoms with Crippen molar-refractivity contribution in [3.8, 4) is 0 Å². The van der Waals surface area contributed by atoms with Gasteiger partial charge in [-0.05, 0) is 29.7 Å². The summed E-state index contributed by atoms with van der Waals surface area (Å²) < 4.78 is 38.5. The van der Waals surface area contributed by atoms with E-state index >= 15 is 0 Å². The molecule has 0 spiro atoms. The minimum atomic E-state index is -4.89. The minimum absolute atomic E-state index is 0.0380. The van der Waals surface area contributed by atoms with Crippen LogP contribution in [-0.2, 0) is 11.3 Å². The number of amides is 1. The summed E-state index contributed by atoms with van der Waals surface area (Å²) in [4.78, 5) is 16.4. The van der Waals surface area contributed by atoms with Gasteiger partial charge in [0.1, 0.15) is 0 Å². The van der Waals surface area contributed by atoms with E-state index in [1.807, 2.05) is 0 Å². The standard InChI is InChI=1S/C17H17F3N2OS/c18-17(19,20)16(23)22(12-13-4-2-1-3-5-13)11-8-15(24)14-6-9-21-10-7-14/h1-7,9-10,15,24H,8,11-12H2. The molecule has 0 aliphatic rings. The van der Waals surface area contributed by atoms with E-state index in [0.717, 1.165) is 10.5 Å². The van der Waals surface area contributed by atoms with E-state index in [1.54, 1.807) is 54.9 Å². The van der Waals surface area contributed by atoms with Gasteiger partial charge in [0.15, 0.2) is 0 Å². The Balaban J connectivity index is 2.07. The van der Waals surface area contributed by atoms with Gasteiger partial charge in [-0.2, -0.15) is 25.8 Å². The number of hydrogen-bond acceptors (Lipinski definition) is 3. The Kier molecular flexibility index (Phi) is 6.25. The summed E-state index contributed by atoms with van der Waals surface area (Å²) in [5.74, 6) is -1.83. The Bertz CT molecular complexity index is 650. The van der Waals surface area contributed by atoms with E-state index in [2.05, 4.69) is 17.6 Å². The molecule has 0 saturated heterocycles. The van der Waals surface area contributed by atoms with Crippen molar-refractivity contribution >= 4 is 18.5 Å². The lowest BCUT2D eigenvalue weighted by Gasteiger charge is -2.25. The average Bonchev–Trinajstić information content (AvgIpc) is 2.58. The molecule has 0 aliphatic heterocycles. The number of alkyl halides is 3. The number of carbonyl (C=O) groups is 1. The van der Waals surface area contributed by atoms with Gasteiger partial charge < -0.3 is 4.90 Å². The number of aromatic nitrogens is 1. The van der Waals surface area contributed by atoms with E-state index in [0.29, 0.717) is 12.0 Å². The van der Waals surface area contributed by atoms with E-state index in [9.17, 15) is 18.0 Å². The molecule has 1 aromatic carbocycles. The third kappa shape index (κ3) is 5.26. The molecule has 0 fully saturated rings. The smallest absolute Gasteiger partial charge is 0.331 e. The summed E-state index contributed by atoms with van der Waals surface area (Å²) in [6.45, 7) is -0.125. The highest BCUT2D eigenvalue weighted by Crippen LogP contribution is 2.25. The van der Waals surface area contributed by atoms with Gasteiger partial charge in [-0.1, -0.05) is 30.3 Å². The van der Waals surface area contributed by atoms with E-state index in [1.165, 1.54) is 0 Å². The van der Waals surface area contributed by atoms with E-state index < -0.39 is 12.1 Å². The van der Waals surface area contributed by atoms with Crippen LogP contribution in [0.2, 0.25) is 0 Å². The molecule has 1 amide bonds. The zero-order chi connectivity index (χ0) is 17.6. The first kappa shape index (κ1) is 18.3. The molecular formula is C17H17F3N2OS. The number of rotatable bonds is 6. The third-order valence-corrected chi connectivity index (χ3v) is 4.07. The largest absolute Gasteiger partial charge is 0.471 e. The maximum atomic E-state index is 12.8. The lowest BCUT2D eigenvalue weighted by Crippen LogP contribution is -2.41. The van der Waals surface area contributed by atoms with Gasteiger partial charge in [0.2, 0.25) is 0 Å². The van der Waals surface area contributed by atoms with Gasteiger partial charge in [-0.3, -0.25) is 9.78 Å². The molecule has 1 heterocycles. The molecule has 0 N–H and O–H groups in total. The van der Waals surface area contributed by atoms with Crippen molar-refractivity contribution in [2.45, 2.75) is 24.4 Å². The first-order valence-electron chi connectivity index (χ1n) is 7.36. The zero-order valence-electron chi connectivity index (χ0n) is 12.8. The highest BCUT2D eigenvalue weighted by Gasteiger charge is 2.42. The fraction of sp³-hybridized carbons (Fsp3) is 0.294. The van der Waals surface area contributed by atoms with Gasteiger partial charge >= 0.3 is 12.1 Å². The maximum Gasteiger partial charge on any atom is 0.471 e. The molecule has 0 bridgehead atoms. The summed E-state index contributed by atoms with van der Waals surface area (Å²) in [6, 6.07) is 12.1. The Hall–Kier alpha value is -2.02.